The monoisotopic (exact) mass is 201 g/mol. The summed E-state index contributed by atoms with van der Waals surface area (Å²) in [4.78, 5) is 2.18. The summed E-state index contributed by atoms with van der Waals surface area (Å²) < 4.78 is 11.7. The second kappa shape index (κ2) is 5.10. The van der Waals surface area contributed by atoms with Gasteiger partial charge in [-0.3, -0.25) is 0 Å². The van der Waals surface area contributed by atoms with Crippen LogP contribution in [0, 0.1) is 0 Å². The predicted octanol–water partition coefficient (Wildman–Crippen LogP) is 1.87. The van der Waals surface area contributed by atoms with Gasteiger partial charge in [-0.1, -0.05) is 13.8 Å². The van der Waals surface area contributed by atoms with Crippen molar-refractivity contribution in [3.05, 3.63) is 0 Å². The van der Waals surface area contributed by atoms with E-state index in [0.717, 1.165) is 32.4 Å². The van der Waals surface area contributed by atoms with Crippen molar-refractivity contribution in [3.8, 4) is 0 Å². The van der Waals surface area contributed by atoms with E-state index in [1.54, 1.807) is 0 Å². The average molecular weight is 201 g/mol. The Labute approximate surface area is 87.4 Å². The molecule has 0 aromatic carbocycles. The summed E-state index contributed by atoms with van der Waals surface area (Å²) >= 11 is 0. The first-order chi connectivity index (χ1) is 6.62. The Morgan fingerprint density at radius 3 is 2.36 bits per heavy atom. The van der Waals surface area contributed by atoms with E-state index < -0.39 is 0 Å². The zero-order valence-corrected chi connectivity index (χ0v) is 9.88. The van der Waals surface area contributed by atoms with Gasteiger partial charge in [-0.2, -0.15) is 0 Å². The van der Waals surface area contributed by atoms with Crippen molar-refractivity contribution < 1.29 is 9.47 Å². The van der Waals surface area contributed by atoms with E-state index in [2.05, 4.69) is 32.8 Å². The lowest BCUT2D eigenvalue weighted by atomic mass is 10.1. The number of hydrogen-bond donors (Lipinski definition) is 0. The maximum Gasteiger partial charge on any atom is 0.168 e. The van der Waals surface area contributed by atoms with Crippen LogP contribution < -0.4 is 0 Å². The van der Waals surface area contributed by atoms with Crippen molar-refractivity contribution in [1.29, 1.82) is 0 Å². The first-order valence-corrected chi connectivity index (χ1v) is 5.58. The smallest absolute Gasteiger partial charge is 0.168 e. The first kappa shape index (κ1) is 12.0. The lowest BCUT2D eigenvalue weighted by molar-refractivity contribution is -0.172. The normalized spacial score (nSPS) is 25.9. The van der Waals surface area contributed by atoms with E-state index in [-0.39, 0.29) is 11.9 Å². The Bertz CT molecular complexity index is 167. The minimum atomic E-state index is -0.281. The van der Waals surface area contributed by atoms with E-state index in [1.807, 2.05) is 0 Å². The third-order valence-corrected chi connectivity index (χ3v) is 2.89. The fraction of sp³-hybridized carbons (Fsp3) is 1.00. The molecule has 0 unspecified atom stereocenters. The molecule has 3 nitrogen and oxygen atoms in total. The molecule has 0 N–H and O–H groups in total. The Morgan fingerprint density at radius 2 is 1.93 bits per heavy atom. The summed E-state index contributed by atoms with van der Waals surface area (Å²) in [5, 5.41) is 0. The zero-order valence-electron chi connectivity index (χ0n) is 9.88. The highest BCUT2D eigenvalue weighted by atomic mass is 16.7. The van der Waals surface area contributed by atoms with Crippen molar-refractivity contribution in [2.24, 2.45) is 0 Å². The number of nitrogens with zero attached hydrogens (tertiary/aromatic N) is 1. The maximum atomic E-state index is 5.95. The minimum Gasteiger partial charge on any atom is -0.347 e. The van der Waals surface area contributed by atoms with Crippen molar-refractivity contribution in [1.82, 2.24) is 4.90 Å². The van der Waals surface area contributed by atoms with E-state index in [9.17, 15) is 0 Å². The molecule has 14 heavy (non-hydrogen) atoms. The van der Waals surface area contributed by atoms with Crippen LogP contribution in [0.15, 0.2) is 0 Å². The van der Waals surface area contributed by atoms with Crippen molar-refractivity contribution >= 4 is 0 Å². The molecule has 1 saturated heterocycles. The highest BCUT2D eigenvalue weighted by molar-refractivity contribution is 4.77. The lowest BCUT2D eigenvalue weighted by Crippen LogP contribution is -2.29. The van der Waals surface area contributed by atoms with Gasteiger partial charge < -0.3 is 14.4 Å². The molecule has 0 bridgehead atoms. The summed E-state index contributed by atoms with van der Waals surface area (Å²) in [6, 6.07) is 0. The Morgan fingerprint density at radius 1 is 1.29 bits per heavy atom. The van der Waals surface area contributed by atoms with Crippen molar-refractivity contribution in [2.45, 2.75) is 45.0 Å². The number of rotatable bonds is 5. The minimum absolute atomic E-state index is 0.281. The average Bonchev–Trinajstić information content (AvgIpc) is 2.59. The van der Waals surface area contributed by atoms with E-state index in [0.29, 0.717) is 0 Å². The molecule has 0 amide bonds. The number of ether oxygens (including phenoxy) is 2. The summed E-state index contributed by atoms with van der Waals surface area (Å²) in [7, 11) is 4.17. The fourth-order valence-corrected chi connectivity index (χ4v) is 1.78. The summed E-state index contributed by atoms with van der Waals surface area (Å²) in [6.07, 6.45) is 3.25. The molecule has 0 spiro atoms. The van der Waals surface area contributed by atoms with Crippen LogP contribution in [0.1, 0.15) is 33.1 Å². The highest BCUT2D eigenvalue weighted by Crippen LogP contribution is 2.31. The van der Waals surface area contributed by atoms with Crippen LogP contribution in [0.25, 0.3) is 0 Å². The van der Waals surface area contributed by atoms with Gasteiger partial charge in [0.25, 0.3) is 0 Å². The van der Waals surface area contributed by atoms with Crippen LogP contribution in [-0.2, 0) is 9.47 Å². The Hall–Kier alpha value is -0.120. The van der Waals surface area contributed by atoms with Crippen LogP contribution in [-0.4, -0.2) is 44.0 Å². The zero-order chi connectivity index (χ0) is 10.6. The summed E-state index contributed by atoms with van der Waals surface area (Å²) in [6.45, 7) is 6.07. The van der Waals surface area contributed by atoms with Gasteiger partial charge >= 0.3 is 0 Å². The molecule has 0 aliphatic carbocycles. The van der Waals surface area contributed by atoms with Gasteiger partial charge in [0.05, 0.1) is 12.7 Å². The Balaban J connectivity index is 2.32. The molecule has 1 heterocycles. The number of hydrogen-bond acceptors (Lipinski definition) is 3. The maximum absolute atomic E-state index is 5.95. The second-order valence-electron chi connectivity index (χ2n) is 4.26. The molecule has 1 atom stereocenters. The van der Waals surface area contributed by atoms with Crippen LogP contribution in [0.3, 0.4) is 0 Å². The second-order valence-corrected chi connectivity index (χ2v) is 4.26. The molecule has 1 aliphatic rings. The molecule has 0 aromatic rings. The Kier molecular flexibility index (Phi) is 4.35. The van der Waals surface area contributed by atoms with E-state index in [4.69, 9.17) is 9.47 Å². The summed E-state index contributed by atoms with van der Waals surface area (Å²) in [5.41, 5.74) is 0. The molecule has 0 aromatic heterocycles. The molecule has 3 heteroatoms. The highest BCUT2D eigenvalue weighted by Gasteiger charge is 2.37. The molecule has 84 valence electrons. The molecular weight excluding hydrogens is 178 g/mol. The van der Waals surface area contributed by atoms with E-state index >= 15 is 0 Å². The summed E-state index contributed by atoms with van der Waals surface area (Å²) in [5.74, 6) is -0.281. The molecule has 1 fully saturated rings. The molecule has 1 aliphatic heterocycles. The van der Waals surface area contributed by atoms with Gasteiger partial charge in [0.2, 0.25) is 0 Å². The van der Waals surface area contributed by atoms with Crippen LogP contribution >= 0.6 is 0 Å². The SMILES string of the molecule is CCC1(CC)OC[C@H](CCN(C)C)O1. The third kappa shape index (κ3) is 2.94. The quantitative estimate of drug-likeness (QED) is 0.678. The molecular formula is C11H23NO2. The van der Waals surface area contributed by atoms with Gasteiger partial charge in [-0.25, -0.2) is 0 Å². The van der Waals surface area contributed by atoms with Gasteiger partial charge in [0, 0.05) is 6.54 Å². The molecule has 0 saturated carbocycles. The lowest BCUT2D eigenvalue weighted by Gasteiger charge is -2.25. The van der Waals surface area contributed by atoms with Gasteiger partial charge in [-0.15, -0.1) is 0 Å². The first-order valence-electron chi connectivity index (χ1n) is 5.58. The van der Waals surface area contributed by atoms with Crippen LogP contribution in [0.5, 0.6) is 0 Å². The van der Waals surface area contributed by atoms with Crippen LogP contribution in [0.4, 0.5) is 0 Å². The molecule has 0 radical (unpaired) electrons. The third-order valence-electron chi connectivity index (χ3n) is 2.89. The van der Waals surface area contributed by atoms with Gasteiger partial charge in [-0.05, 0) is 33.4 Å². The molecule has 1 rings (SSSR count). The van der Waals surface area contributed by atoms with Crippen LogP contribution in [0.2, 0.25) is 0 Å². The predicted molar refractivity (Wildman–Crippen MR) is 57.3 cm³/mol. The van der Waals surface area contributed by atoms with Crippen molar-refractivity contribution in [2.75, 3.05) is 27.2 Å². The van der Waals surface area contributed by atoms with E-state index in [1.165, 1.54) is 0 Å². The standard InChI is InChI=1S/C11H23NO2/c1-5-11(6-2)13-9-10(14-11)7-8-12(3)4/h10H,5-9H2,1-4H3/t10-/m0/s1. The fourth-order valence-electron chi connectivity index (χ4n) is 1.78. The van der Waals surface area contributed by atoms with Crippen molar-refractivity contribution in [3.63, 3.8) is 0 Å². The van der Waals surface area contributed by atoms with Gasteiger partial charge in [0.1, 0.15) is 0 Å². The largest absolute Gasteiger partial charge is 0.347 e. The van der Waals surface area contributed by atoms with Gasteiger partial charge in [0.15, 0.2) is 5.79 Å². The topological polar surface area (TPSA) is 21.7 Å².